The van der Waals surface area contributed by atoms with Crippen LogP contribution < -0.4 is 19.5 Å². The van der Waals surface area contributed by atoms with Gasteiger partial charge in [-0.3, -0.25) is 9.52 Å². The number of sulfonamides is 1. The summed E-state index contributed by atoms with van der Waals surface area (Å²) in [5.41, 5.74) is 0.316. The molecular formula is C20H25ClN2O5S. The van der Waals surface area contributed by atoms with E-state index < -0.39 is 10.0 Å². The van der Waals surface area contributed by atoms with E-state index in [1.54, 1.807) is 12.1 Å². The van der Waals surface area contributed by atoms with Gasteiger partial charge in [0.25, 0.3) is 15.9 Å². The third-order valence-electron chi connectivity index (χ3n) is 4.01. The molecule has 0 unspecified atom stereocenters. The van der Waals surface area contributed by atoms with Crippen LogP contribution in [0.4, 0.5) is 5.69 Å². The zero-order chi connectivity index (χ0) is 21.3. The van der Waals surface area contributed by atoms with E-state index in [1.165, 1.54) is 37.4 Å². The summed E-state index contributed by atoms with van der Waals surface area (Å²) in [6.07, 6.45) is 3.08. The Kier molecular flexibility index (Phi) is 8.60. The molecule has 7 nitrogen and oxygen atoms in total. The first-order chi connectivity index (χ1) is 13.9. The maximum absolute atomic E-state index is 12.5. The summed E-state index contributed by atoms with van der Waals surface area (Å²) in [5, 5.41) is 3.07. The molecule has 0 radical (unpaired) electrons. The van der Waals surface area contributed by atoms with Gasteiger partial charge in [0, 0.05) is 6.54 Å². The molecule has 0 aliphatic rings. The van der Waals surface area contributed by atoms with Crippen LogP contribution in [-0.2, 0) is 14.8 Å². The van der Waals surface area contributed by atoms with Crippen LogP contribution in [0.2, 0.25) is 5.02 Å². The van der Waals surface area contributed by atoms with Crippen LogP contribution in [0.5, 0.6) is 11.5 Å². The summed E-state index contributed by atoms with van der Waals surface area (Å²) in [7, 11) is -2.32. The van der Waals surface area contributed by atoms with Gasteiger partial charge in [-0.15, -0.1) is 0 Å². The first-order valence-corrected chi connectivity index (χ1v) is 11.1. The number of hydrogen-bond donors (Lipinski definition) is 2. The zero-order valence-corrected chi connectivity index (χ0v) is 18.0. The molecule has 0 saturated carbocycles. The number of carbonyl (C=O) groups is 1. The highest BCUT2D eigenvalue weighted by Crippen LogP contribution is 2.28. The Balaban J connectivity index is 1.92. The fourth-order valence-corrected chi connectivity index (χ4v) is 3.77. The Hall–Kier alpha value is -2.45. The van der Waals surface area contributed by atoms with E-state index in [2.05, 4.69) is 17.0 Å². The number of methoxy groups -OCH3 is 1. The van der Waals surface area contributed by atoms with E-state index in [9.17, 15) is 13.2 Å². The van der Waals surface area contributed by atoms with Gasteiger partial charge in [-0.1, -0.05) is 31.4 Å². The third kappa shape index (κ3) is 7.14. The van der Waals surface area contributed by atoms with Gasteiger partial charge in [-0.2, -0.15) is 0 Å². The molecule has 2 aromatic rings. The Morgan fingerprint density at radius 3 is 2.45 bits per heavy atom. The van der Waals surface area contributed by atoms with Crippen molar-refractivity contribution in [2.75, 3.05) is 25.0 Å². The van der Waals surface area contributed by atoms with Crippen molar-refractivity contribution < 1.29 is 22.7 Å². The monoisotopic (exact) mass is 440 g/mol. The van der Waals surface area contributed by atoms with Crippen molar-refractivity contribution in [1.82, 2.24) is 5.32 Å². The van der Waals surface area contributed by atoms with E-state index in [-0.39, 0.29) is 17.4 Å². The summed E-state index contributed by atoms with van der Waals surface area (Å²) < 4.78 is 38.0. The highest BCUT2D eigenvalue weighted by molar-refractivity contribution is 7.92. The lowest BCUT2D eigenvalue weighted by Gasteiger charge is -2.11. The van der Waals surface area contributed by atoms with Crippen LogP contribution in [0.15, 0.2) is 47.4 Å². The minimum atomic E-state index is -3.80. The van der Waals surface area contributed by atoms with Gasteiger partial charge in [-0.05, 0) is 48.9 Å². The molecule has 0 aliphatic heterocycles. The number of benzene rings is 2. The maximum atomic E-state index is 12.5. The van der Waals surface area contributed by atoms with Crippen LogP contribution in [0.25, 0.3) is 0 Å². The van der Waals surface area contributed by atoms with E-state index >= 15 is 0 Å². The van der Waals surface area contributed by atoms with E-state index in [1.807, 2.05) is 0 Å². The van der Waals surface area contributed by atoms with Gasteiger partial charge in [0.15, 0.2) is 6.61 Å². The SMILES string of the molecule is CCCCCNC(=O)COc1ccc(S(=O)(=O)Nc2ccc(OC)c(Cl)c2)cc1. The average Bonchev–Trinajstić information content (AvgIpc) is 2.70. The second kappa shape index (κ2) is 10.9. The molecule has 0 aromatic heterocycles. The molecule has 0 fully saturated rings. The molecule has 0 heterocycles. The lowest BCUT2D eigenvalue weighted by molar-refractivity contribution is -0.123. The summed E-state index contributed by atoms with van der Waals surface area (Å²) in [4.78, 5) is 11.8. The third-order valence-corrected chi connectivity index (χ3v) is 5.70. The second-order valence-corrected chi connectivity index (χ2v) is 8.36. The predicted octanol–water partition coefficient (Wildman–Crippen LogP) is 3.83. The zero-order valence-electron chi connectivity index (χ0n) is 16.4. The minimum Gasteiger partial charge on any atom is -0.495 e. The molecule has 0 saturated heterocycles. The molecule has 158 valence electrons. The van der Waals surface area contributed by atoms with Gasteiger partial charge in [-0.25, -0.2) is 8.42 Å². The number of nitrogens with one attached hydrogen (secondary N) is 2. The van der Waals surface area contributed by atoms with Crippen molar-refractivity contribution in [3.8, 4) is 11.5 Å². The van der Waals surface area contributed by atoms with E-state index in [4.69, 9.17) is 21.1 Å². The van der Waals surface area contributed by atoms with Crippen molar-refractivity contribution in [3.63, 3.8) is 0 Å². The van der Waals surface area contributed by atoms with Crippen molar-refractivity contribution in [2.24, 2.45) is 0 Å². The van der Waals surface area contributed by atoms with Crippen molar-refractivity contribution in [1.29, 1.82) is 0 Å². The smallest absolute Gasteiger partial charge is 0.261 e. The number of amides is 1. The van der Waals surface area contributed by atoms with Gasteiger partial charge >= 0.3 is 0 Å². The lowest BCUT2D eigenvalue weighted by atomic mass is 10.2. The van der Waals surface area contributed by atoms with Crippen LogP contribution in [0, 0.1) is 0 Å². The molecule has 2 aromatic carbocycles. The Labute approximate surface area is 176 Å². The van der Waals surface area contributed by atoms with E-state index in [0.717, 1.165) is 19.3 Å². The van der Waals surface area contributed by atoms with Crippen LogP contribution in [0.3, 0.4) is 0 Å². The average molecular weight is 441 g/mol. The molecule has 29 heavy (non-hydrogen) atoms. The molecule has 2 rings (SSSR count). The number of carbonyl (C=O) groups excluding carboxylic acids is 1. The second-order valence-electron chi connectivity index (χ2n) is 6.27. The van der Waals surface area contributed by atoms with Crippen LogP contribution in [-0.4, -0.2) is 34.6 Å². The van der Waals surface area contributed by atoms with Crippen molar-refractivity contribution in [2.45, 2.75) is 31.1 Å². The summed E-state index contributed by atoms with van der Waals surface area (Å²) in [6.45, 7) is 2.59. The number of unbranched alkanes of at least 4 members (excludes halogenated alkanes) is 2. The number of anilines is 1. The van der Waals surface area contributed by atoms with Gasteiger partial charge in [0.05, 0.1) is 22.7 Å². The molecule has 0 atom stereocenters. The Morgan fingerprint density at radius 1 is 1.10 bits per heavy atom. The standard InChI is InChI=1S/C20H25ClN2O5S/c1-3-4-5-12-22-20(24)14-28-16-7-9-17(10-8-16)29(25,26)23-15-6-11-19(27-2)18(21)13-15/h6-11,13,23H,3-5,12,14H2,1-2H3,(H,22,24). The summed E-state index contributed by atoms with van der Waals surface area (Å²) in [6, 6.07) is 10.4. The van der Waals surface area contributed by atoms with Crippen LogP contribution in [0.1, 0.15) is 26.2 Å². The summed E-state index contributed by atoms with van der Waals surface area (Å²) in [5.74, 6) is 0.640. The molecule has 0 bridgehead atoms. The topological polar surface area (TPSA) is 93.7 Å². The molecule has 0 spiro atoms. The quantitative estimate of drug-likeness (QED) is 0.518. The van der Waals surface area contributed by atoms with Gasteiger partial charge in [0.2, 0.25) is 0 Å². The summed E-state index contributed by atoms with van der Waals surface area (Å²) >= 11 is 6.02. The predicted molar refractivity (Wildman–Crippen MR) is 113 cm³/mol. The normalized spacial score (nSPS) is 11.0. The molecule has 9 heteroatoms. The maximum Gasteiger partial charge on any atom is 0.261 e. The molecular weight excluding hydrogens is 416 g/mol. The van der Waals surface area contributed by atoms with E-state index in [0.29, 0.717) is 28.8 Å². The molecule has 0 aliphatic carbocycles. The van der Waals surface area contributed by atoms with Crippen molar-refractivity contribution in [3.05, 3.63) is 47.5 Å². The molecule has 1 amide bonds. The van der Waals surface area contributed by atoms with Gasteiger partial charge in [0.1, 0.15) is 11.5 Å². The first-order valence-electron chi connectivity index (χ1n) is 9.21. The minimum absolute atomic E-state index is 0.0563. The largest absolute Gasteiger partial charge is 0.495 e. The number of rotatable bonds is 11. The van der Waals surface area contributed by atoms with Gasteiger partial charge < -0.3 is 14.8 Å². The number of hydrogen-bond acceptors (Lipinski definition) is 5. The first kappa shape index (κ1) is 22.8. The number of ether oxygens (including phenoxy) is 2. The van der Waals surface area contributed by atoms with Crippen molar-refractivity contribution >= 4 is 33.2 Å². The molecule has 2 N–H and O–H groups in total. The lowest BCUT2D eigenvalue weighted by Crippen LogP contribution is -2.29. The fraction of sp³-hybridized carbons (Fsp3) is 0.350. The highest BCUT2D eigenvalue weighted by Gasteiger charge is 2.15. The Morgan fingerprint density at radius 2 is 1.83 bits per heavy atom. The van der Waals surface area contributed by atoms with Crippen LogP contribution >= 0.6 is 11.6 Å². The highest BCUT2D eigenvalue weighted by atomic mass is 35.5. The Bertz CT molecular complexity index is 917. The number of halogens is 1. The fourth-order valence-electron chi connectivity index (χ4n) is 2.46.